The molecule has 0 unspecified atom stereocenters. The Morgan fingerprint density at radius 1 is 1.09 bits per heavy atom. The fraction of sp³-hybridized carbons (Fsp3) is 0.115. The molecule has 3 aromatic carbocycles. The van der Waals surface area contributed by atoms with Crippen LogP contribution < -0.4 is 15.4 Å². The molecule has 0 bridgehead atoms. The second-order valence-corrected chi connectivity index (χ2v) is 7.81. The van der Waals surface area contributed by atoms with Crippen molar-refractivity contribution in [1.29, 1.82) is 5.26 Å². The number of carbonyl (C=O) groups is 2. The predicted octanol–water partition coefficient (Wildman–Crippen LogP) is 5.66. The van der Waals surface area contributed by atoms with E-state index in [9.17, 15) is 19.2 Å². The molecule has 0 fully saturated rings. The van der Waals surface area contributed by atoms with Crippen molar-refractivity contribution in [2.45, 2.75) is 13.8 Å². The number of nitrogens with zero attached hydrogens (tertiary/aromatic N) is 1. The third-order valence-electron chi connectivity index (χ3n) is 4.97. The van der Waals surface area contributed by atoms with Gasteiger partial charge in [0.1, 0.15) is 23.2 Å². The quantitative estimate of drug-likeness (QED) is 0.339. The van der Waals surface area contributed by atoms with Crippen molar-refractivity contribution in [3.63, 3.8) is 0 Å². The SMILES string of the molecule is Cc1cccc(NC(=O)COc2ccc(/C=C(\C#N)C(=O)Nc3ccc(F)cc3)cc2Cl)c1C. The number of amides is 2. The topological polar surface area (TPSA) is 91.2 Å². The van der Waals surface area contributed by atoms with Gasteiger partial charge in [0.25, 0.3) is 11.8 Å². The summed E-state index contributed by atoms with van der Waals surface area (Å²) in [4.78, 5) is 24.6. The van der Waals surface area contributed by atoms with Gasteiger partial charge in [-0.15, -0.1) is 0 Å². The summed E-state index contributed by atoms with van der Waals surface area (Å²) < 4.78 is 18.5. The molecule has 2 N–H and O–H groups in total. The first-order valence-corrected chi connectivity index (χ1v) is 10.6. The molecule has 0 aromatic heterocycles. The number of aryl methyl sites for hydroxylation is 1. The number of ether oxygens (including phenoxy) is 1. The average Bonchev–Trinajstić information content (AvgIpc) is 2.81. The molecule has 0 aliphatic rings. The van der Waals surface area contributed by atoms with Crippen LogP contribution in [-0.4, -0.2) is 18.4 Å². The molecule has 2 amide bonds. The molecule has 0 saturated heterocycles. The van der Waals surface area contributed by atoms with E-state index in [2.05, 4.69) is 10.6 Å². The smallest absolute Gasteiger partial charge is 0.266 e. The molecule has 0 atom stereocenters. The van der Waals surface area contributed by atoms with Crippen molar-refractivity contribution in [2.24, 2.45) is 0 Å². The first kappa shape index (κ1) is 24.5. The molecular weight excluding hydrogens is 457 g/mol. The lowest BCUT2D eigenvalue weighted by atomic mass is 10.1. The highest BCUT2D eigenvalue weighted by molar-refractivity contribution is 6.32. The minimum absolute atomic E-state index is 0.165. The van der Waals surface area contributed by atoms with Crippen LogP contribution in [0.2, 0.25) is 5.02 Å². The summed E-state index contributed by atoms with van der Waals surface area (Å²) in [6, 6.07) is 17.3. The van der Waals surface area contributed by atoms with Gasteiger partial charge in [0.15, 0.2) is 6.61 Å². The summed E-state index contributed by atoms with van der Waals surface area (Å²) in [5.74, 6) is -1.13. The van der Waals surface area contributed by atoms with E-state index in [0.717, 1.165) is 11.1 Å². The van der Waals surface area contributed by atoms with Crippen LogP contribution in [0.3, 0.4) is 0 Å². The molecule has 0 aliphatic carbocycles. The van der Waals surface area contributed by atoms with Crippen molar-refractivity contribution in [1.82, 2.24) is 0 Å². The van der Waals surface area contributed by atoms with Crippen LogP contribution in [0.25, 0.3) is 6.08 Å². The summed E-state index contributed by atoms with van der Waals surface area (Å²) in [5, 5.41) is 14.9. The van der Waals surface area contributed by atoms with E-state index in [1.54, 1.807) is 12.1 Å². The van der Waals surface area contributed by atoms with Gasteiger partial charge in [0, 0.05) is 11.4 Å². The van der Waals surface area contributed by atoms with Gasteiger partial charge in [-0.25, -0.2) is 4.39 Å². The van der Waals surface area contributed by atoms with E-state index in [-0.39, 0.29) is 28.9 Å². The van der Waals surface area contributed by atoms with Crippen molar-refractivity contribution in [2.75, 3.05) is 17.2 Å². The van der Waals surface area contributed by atoms with Gasteiger partial charge >= 0.3 is 0 Å². The Kier molecular flexibility index (Phi) is 8.01. The fourth-order valence-electron chi connectivity index (χ4n) is 2.99. The first-order chi connectivity index (χ1) is 16.3. The second-order valence-electron chi connectivity index (χ2n) is 7.41. The van der Waals surface area contributed by atoms with Crippen LogP contribution in [0.15, 0.2) is 66.2 Å². The molecule has 6 nitrogen and oxygen atoms in total. The molecule has 3 rings (SSSR count). The molecule has 3 aromatic rings. The third-order valence-corrected chi connectivity index (χ3v) is 5.27. The monoisotopic (exact) mass is 477 g/mol. The van der Waals surface area contributed by atoms with Crippen molar-refractivity contribution >= 4 is 40.9 Å². The number of hydrogen-bond donors (Lipinski definition) is 2. The van der Waals surface area contributed by atoms with Crippen molar-refractivity contribution in [3.8, 4) is 11.8 Å². The molecule has 0 saturated carbocycles. The maximum Gasteiger partial charge on any atom is 0.266 e. The van der Waals surface area contributed by atoms with E-state index < -0.39 is 11.7 Å². The summed E-state index contributed by atoms with van der Waals surface area (Å²) >= 11 is 6.26. The molecule has 0 spiro atoms. The van der Waals surface area contributed by atoms with Gasteiger partial charge in [-0.05, 0) is 79.1 Å². The predicted molar refractivity (Wildman–Crippen MR) is 130 cm³/mol. The lowest BCUT2D eigenvalue weighted by molar-refractivity contribution is -0.118. The maximum atomic E-state index is 13.0. The third kappa shape index (κ3) is 6.44. The van der Waals surface area contributed by atoms with Gasteiger partial charge in [-0.1, -0.05) is 29.8 Å². The number of hydrogen-bond acceptors (Lipinski definition) is 4. The van der Waals surface area contributed by atoms with Crippen LogP contribution >= 0.6 is 11.6 Å². The van der Waals surface area contributed by atoms with Crippen LogP contribution in [-0.2, 0) is 9.59 Å². The molecule has 8 heteroatoms. The normalized spacial score (nSPS) is 10.9. The Labute approximate surface area is 201 Å². The number of rotatable bonds is 7. The summed E-state index contributed by atoms with van der Waals surface area (Å²) in [6.45, 7) is 3.64. The number of carbonyl (C=O) groups excluding carboxylic acids is 2. The van der Waals surface area contributed by atoms with Crippen LogP contribution in [0.5, 0.6) is 5.75 Å². The molecular formula is C26H21ClFN3O3. The average molecular weight is 478 g/mol. The highest BCUT2D eigenvalue weighted by atomic mass is 35.5. The standard InChI is InChI=1S/C26H21ClFN3O3/c1-16-4-3-5-23(17(16)2)31-25(32)15-34-24-11-6-18(13-22(24)27)12-19(14-29)26(33)30-21-9-7-20(28)8-10-21/h3-13H,15H2,1-2H3,(H,30,33)(H,31,32)/b19-12+. The first-order valence-electron chi connectivity index (χ1n) is 10.2. The van der Waals surface area contributed by atoms with Crippen LogP contribution in [0.4, 0.5) is 15.8 Å². The lowest BCUT2D eigenvalue weighted by Crippen LogP contribution is -2.20. The number of nitriles is 1. The molecule has 0 heterocycles. The minimum atomic E-state index is -0.645. The Morgan fingerprint density at radius 2 is 1.82 bits per heavy atom. The Balaban J connectivity index is 1.64. The van der Waals surface area contributed by atoms with Crippen LogP contribution in [0, 0.1) is 31.0 Å². The molecule has 172 valence electrons. The number of nitrogens with one attached hydrogen (secondary N) is 2. The Morgan fingerprint density at radius 3 is 2.50 bits per heavy atom. The van der Waals surface area contributed by atoms with Gasteiger partial charge in [0.05, 0.1) is 5.02 Å². The van der Waals surface area contributed by atoms with Gasteiger partial charge in [0.2, 0.25) is 0 Å². The fourth-order valence-corrected chi connectivity index (χ4v) is 3.23. The summed E-state index contributed by atoms with van der Waals surface area (Å²) in [6.07, 6.45) is 1.36. The van der Waals surface area contributed by atoms with E-state index in [0.29, 0.717) is 16.9 Å². The zero-order chi connectivity index (χ0) is 24.7. The maximum absolute atomic E-state index is 13.0. The van der Waals surface area contributed by atoms with E-state index in [1.165, 1.54) is 36.4 Å². The molecule has 0 radical (unpaired) electrons. The lowest BCUT2D eigenvalue weighted by Gasteiger charge is -2.12. The zero-order valence-electron chi connectivity index (χ0n) is 18.5. The largest absolute Gasteiger partial charge is 0.482 e. The second kappa shape index (κ2) is 11.1. The van der Waals surface area contributed by atoms with E-state index in [1.807, 2.05) is 38.1 Å². The van der Waals surface area contributed by atoms with Crippen molar-refractivity contribution in [3.05, 3.63) is 93.8 Å². The van der Waals surface area contributed by atoms with E-state index in [4.69, 9.17) is 16.3 Å². The minimum Gasteiger partial charge on any atom is -0.482 e. The van der Waals surface area contributed by atoms with Crippen LogP contribution in [0.1, 0.15) is 16.7 Å². The Bertz CT molecular complexity index is 1300. The van der Waals surface area contributed by atoms with Gasteiger partial charge in [-0.2, -0.15) is 5.26 Å². The summed E-state index contributed by atoms with van der Waals surface area (Å²) in [5.41, 5.74) is 3.43. The van der Waals surface area contributed by atoms with Crippen molar-refractivity contribution < 1.29 is 18.7 Å². The van der Waals surface area contributed by atoms with Gasteiger partial charge in [-0.3, -0.25) is 9.59 Å². The molecule has 34 heavy (non-hydrogen) atoms. The number of benzene rings is 3. The highest BCUT2D eigenvalue weighted by Gasteiger charge is 2.12. The molecule has 0 aliphatic heterocycles. The Hall–Kier alpha value is -4.15. The van der Waals surface area contributed by atoms with E-state index >= 15 is 0 Å². The zero-order valence-corrected chi connectivity index (χ0v) is 19.2. The summed E-state index contributed by atoms with van der Waals surface area (Å²) in [7, 11) is 0. The van der Waals surface area contributed by atoms with Gasteiger partial charge < -0.3 is 15.4 Å². The number of halogens is 2. The number of anilines is 2. The highest BCUT2D eigenvalue weighted by Crippen LogP contribution is 2.27.